The zero-order valence-electron chi connectivity index (χ0n) is 6.66. The summed E-state index contributed by atoms with van der Waals surface area (Å²) in [5, 5.41) is 3.08. The summed E-state index contributed by atoms with van der Waals surface area (Å²) < 4.78 is 25.8. The summed E-state index contributed by atoms with van der Waals surface area (Å²) in [6.45, 7) is 3.54. The predicted molar refractivity (Wildman–Crippen MR) is 38.6 cm³/mol. The molecule has 1 unspecified atom stereocenters. The maximum absolute atomic E-state index is 12.9. The summed E-state index contributed by atoms with van der Waals surface area (Å²) in [6.07, 6.45) is 0.197. The van der Waals surface area contributed by atoms with Crippen molar-refractivity contribution in [1.29, 1.82) is 0 Å². The van der Waals surface area contributed by atoms with E-state index in [1.165, 1.54) is 0 Å². The van der Waals surface area contributed by atoms with Crippen LogP contribution in [0, 0.1) is 11.3 Å². The molecular formula is C8H13F2N. The summed E-state index contributed by atoms with van der Waals surface area (Å²) in [5.74, 6) is -2.19. The summed E-state index contributed by atoms with van der Waals surface area (Å²) in [4.78, 5) is 0. The molecule has 64 valence electrons. The van der Waals surface area contributed by atoms with E-state index >= 15 is 0 Å². The van der Waals surface area contributed by atoms with E-state index in [1.807, 2.05) is 6.92 Å². The molecule has 1 saturated carbocycles. The molecule has 3 heteroatoms. The molecule has 1 N–H and O–H groups in total. The van der Waals surface area contributed by atoms with Gasteiger partial charge in [-0.1, -0.05) is 6.92 Å². The highest BCUT2D eigenvalue weighted by Crippen LogP contribution is 2.52. The van der Waals surface area contributed by atoms with Gasteiger partial charge in [-0.15, -0.1) is 0 Å². The van der Waals surface area contributed by atoms with Crippen molar-refractivity contribution in [2.75, 3.05) is 13.1 Å². The fraction of sp³-hybridized carbons (Fsp3) is 1.00. The second kappa shape index (κ2) is 1.94. The Bertz CT molecular complexity index is 175. The first-order chi connectivity index (χ1) is 5.04. The van der Waals surface area contributed by atoms with Gasteiger partial charge in [0.2, 0.25) is 5.92 Å². The second-order valence-corrected chi connectivity index (χ2v) is 4.10. The van der Waals surface area contributed by atoms with Crippen LogP contribution >= 0.6 is 0 Å². The van der Waals surface area contributed by atoms with Crippen LogP contribution in [0.2, 0.25) is 0 Å². The topological polar surface area (TPSA) is 12.0 Å². The van der Waals surface area contributed by atoms with E-state index in [4.69, 9.17) is 0 Å². The maximum Gasteiger partial charge on any atom is 0.249 e. The third kappa shape index (κ3) is 0.975. The average Bonchev–Trinajstić information content (AvgIpc) is 1.99. The number of rotatable bonds is 0. The standard InChI is InChI=1S/C8H13F2N/c1-6-2-8(9,10)3-7(6)4-11-5-7/h6,11H,2-5H2,1H3. The Labute approximate surface area is 65.2 Å². The molecule has 0 amide bonds. The molecule has 11 heavy (non-hydrogen) atoms. The van der Waals surface area contributed by atoms with Crippen molar-refractivity contribution in [2.45, 2.75) is 25.7 Å². The van der Waals surface area contributed by atoms with Crippen LogP contribution in [0.4, 0.5) is 8.78 Å². The molecule has 1 aliphatic carbocycles. The molecular weight excluding hydrogens is 148 g/mol. The summed E-state index contributed by atoms with van der Waals surface area (Å²) >= 11 is 0. The SMILES string of the molecule is CC1CC(F)(F)CC12CNC2. The van der Waals surface area contributed by atoms with Crippen LogP contribution in [0.5, 0.6) is 0 Å². The summed E-state index contributed by atoms with van der Waals surface area (Å²) in [5.41, 5.74) is -0.0521. The quantitative estimate of drug-likeness (QED) is 0.569. The largest absolute Gasteiger partial charge is 0.316 e. The smallest absolute Gasteiger partial charge is 0.249 e. The zero-order valence-corrected chi connectivity index (χ0v) is 6.66. The maximum atomic E-state index is 12.9. The van der Waals surface area contributed by atoms with E-state index in [9.17, 15) is 8.78 Å². The first kappa shape index (κ1) is 7.47. The van der Waals surface area contributed by atoms with Crippen LogP contribution in [-0.4, -0.2) is 19.0 Å². The van der Waals surface area contributed by atoms with Gasteiger partial charge in [0.25, 0.3) is 0 Å². The highest BCUT2D eigenvalue weighted by molar-refractivity contribution is 5.05. The lowest BCUT2D eigenvalue weighted by atomic mass is 9.74. The molecule has 1 aliphatic heterocycles. The van der Waals surface area contributed by atoms with Gasteiger partial charge in [0.15, 0.2) is 0 Å². The average molecular weight is 161 g/mol. The number of hydrogen-bond donors (Lipinski definition) is 1. The Morgan fingerprint density at radius 2 is 2.00 bits per heavy atom. The van der Waals surface area contributed by atoms with Crippen LogP contribution in [0.1, 0.15) is 19.8 Å². The first-order valence-electron chi connectivity index (χ1n) is 4.13. The normalized spacial score (nSPS) is 39.0. The predicted octanol–water partition coefficient (Wildman–Crippen LogP) is 1.64. The van der Waals surface area contributed by atoms with Crippen molar-refractivity contribution in [2.24, 2.45) is 11.3 Å². The molecule has 2 aliphatic rings. The highest BCUT2D eigenvalue weighted by Gasteiger charge is 2.56. The molecule has 0 radical (unpaired) electrons. The van der Waals surface area contributed by atoms with Crippen LogP contribution < -0.4 is 5.32 Å². The molecule has 1 saturated heterocycles. The van der Waals surface area contributed by atoms with E-state index < -0.39 is 5.92 Å². The van der Waals surface area contributed by atoms with Crippen LogP contribution in [0.3, 0.4) is 0 Å². The van der Waals surface area contributed by atoms with Crippen molar-refractivity contribution in [3.05, 3.63) is 0 Å². The van der Waals surface area contributed by atoms with Gasteiger partial charge in [-0.2, -0.15) is 0 Å². The van der Waals surface area contributed by atoms with Crippen molar-refractivity contribution >= 4 is 0 Å². The molecule has 2 rings (SSSR count). The number of hydrogen-bond acceptors (Lipinski definition) is 1. The number of alkyl halides is 2. The molecule has 1 heterocycles. The van der Waals surface area contributed by atoms with Gasteiger partial charge in [-0.25, -0.2) is 8.78 Å². The van der Waals surface area contributed by atoms with Crippen molar-refractivity contribution in [1.82, 2.24) is 5.32 Å². The fourth-order valence-electron chi connectivity index (χ4n) is 2.35. The lowest BCUT2D eigenvalue weighted by Gasteiger charge is -2.42. The van der Waals surface area contributed by atoms with E-state index in [0.29, 0.717) is 0 Å². The van der Waals surface area contributed by atoms with Gasteiger partial charge in [0.1, 0.15) is 0 Å². The van der Waals surface area contributed by atoms with E-state index in [1.54, 1.807) is 0 Å². The van der Waals surface area contributed by atoms with Crippen molar-refractivity contribution in [3.8, 4) is 0 Å². The van der Waals surface area contributed by atoms with Crippen LogP contribution in [0.15, 0.2) is 0 Å². The molecule has 1 atom stereocenters. The minimum absolute atomic E-state index is 0.0521. The van der Waals surface area contributed by atoms with Gasteiger partial charge in [-0.3, -0.25) is 0 Å². The first-order valence-corrected chi connectivity index (χ1v) is 4.13. The summed E-state index contributed by atoms with van der Waals surface area (Å²) in [7, 11) is 0. The highest BCUT2D eigenvalue weighted by atomic mass is 19.3. The third-order valence-electron chi connectivity index (χ3n) is 3.22. The molecule has 0 aromatic heterocycles. The third-order valence-corrected chi connectivity index (χ3v) is 3.22. The Balaban J connectivity index is 2.14. The molecule has 1 nitrogen and oxygen atoms in total. The lowest BCUT2D eigenvalue weighted by Crippen LogP contribution is -2.55. The van der Waals surface area contributed by atoms with E-state index in [0.717, 1.165) is 13.1 Å². The zero-order chi connectivity index (χ0) is 8.11. The Morgan fingerprint density at radius 1 is 1.36 bits per heavy atom. The Hall–Kier alpha value is -0.180. The minimum Gasteiger partial charge on any atom is -0.316 e. The van der Waals surface area contributed by atoms with Crippen LogP contribution in [-0.2, 0) is 0 Å². The molecule has 1 spiro atoms. The lowest BCUT2D eigenvalue weighted by molar-refractivity contribution is -0.0109. The van der Waals surface area contributed by atoms with E-state index in [2.05, 4.69) is 5.32 Å². The van der Waals surface area contributed by atoms with Crippen molar-refractivity contribution in [3.63, 3.8) is 0 Å². The fourth-order valence-corrected chi connectivity index (χ4v) is 2.35. The van der Waals surface area contributed by atoms with Gasteiger partial charge in [0, 0.05) is 31.3 Å². The molecule has 0 aromatic carbocycles. The number of halogens is 2. The van der Waals surface area contributed by atoms with Gasteiger partial charge in [0.05, 0.1) is 0 Å². The number of nitrogens with one attached hydrogen (secondary N) is 1. The molecule has 2 fully saturated rings. The summed E-state index contributed by atoms with van der Waals surface area (Å²) in [6, 6.07) is 0. The van der Waals surface area contributed by atoms with Gasteiger partial charge < -0.3 is 5.32 Å². The van der Waals surface area contributed by atoms with Gasteiger partial charge >= 0.3 is 0 Å². The molecule has 0 bridgehead atoms. The van der Waals surface area contributed by atoms with Crippen molar-refractivity contribution < 1.29 is 8.78 Å². The Kier molecular flexibility index (Phi) is 1.32. The monoisotopic (exact) mass is 161 g/mol. The molecule has 0 aromatic rings. The van der Waals surface area contributed by atoms with Gasteiger partial charge in [-0.05, 0) is 5.92 Å². The van der Waals surface area contributed by atoms with Crippen LogP contribution in [0.25, 0.3) is 0 Å². The Morgan fingerprint density at radius 3 is 2.18 bits per heavy atom. The minimum atomic E-state index is -2.39. The second-order valence-electron chi connectivity index (χ2n) is 4.10. The van der Waals surface area contributed by atoms with E-state index in [-0.39, 0.29) is 24.2 Å².